The zero-order valence-corrected chi connectivity index (χ0v) is 24.4. The Morgan fingerprint density at radius 3 is 2.41 bits per heavy atom. The monoisotopic (exact) mass is 578 g/mol. The van der Waals surface area contributed by atoms with Gasteiger partial charge in [0.2, 0.25) is 5.91 Å². The van der Waals surface area contributed by atoms with Crippen molar-refractivity contribution in [1.29, 1.82) is 0 Å². The quantitative estimate of drug-likeness (QED) is 0.0557. The molecule has 0 spiro atoms. The lowest BCUT2D eigenvalue weighted by Gasteiger charge is -2.35. The highest BCUT2D eigenvalue weighted by molar-refractivity contribution is 5.95. The molecule has 5 unspecified atom stereocenters. The fraction of sp³-hybridized carbons (Fsp3) is 0.643. The van der Waals surface area contributed by atoms with Crippen LogP contribution < -0.4 is 32.1 Å². The molecule has 0 saturated heterocycles. The fourth-order valence-corrected chi connectivity index (χ4v) is 4.99. The lowest BCUT2D eigenvalue weighted by molar-refractivity contribution is -0.848. The number of carbonyl (C=O) groups is 4. The second kappa shape index (κ2) is 15.3. The second-order valence-corrected chi connectivity index (χ2v) is 11.3. The average Bonchev–Trinajstić information content (AvgIpc) is 3.59. The number of hydrogen-bond donors (Lipinski definition) is 8. The zero-order chi connectivity index (χ0) is 30.8. The van der Waals surface area contributed by atoms with E-state index in [0.29, 0.717) is 36.9 Å². The predicted molar refractivity (Wildman–Crippen MR) is 154 cm³/mol. The normalized spacial score (nSPS) is 22.4. The summed E-state index contributed by atoms with van der Waals surface area (Å²) < 4.78 is 0. The van der Waals surface area contributed by atoms with Gasteiger partial charge in [0.05, 0.1) is 24.7 Å². The minimum atomic E-state index is -1.22. The van der Waals surface area contributed by atoms with Crippen LogP contribution in [0.4, 0.5) is 5.69 Å². The molecule has 1 saturated carbocycles. The largest absolute Gasteiger partial charge is 0.634 e. The number of amides is 2. The molecule has 1 fully saturated rings. The molecule has 9 N–H and O–H groups in total. The summed E-state index contributed by atoms with van der Waals surface area (Å²) in [6.07, 6.45) is 1.08. The van der Waals surface area contributed by atoms with E-state index in [4.69, 9.17) is 5.73 Å². The van der Waals surface area contributed by atoms with Gasteiger partial charge in [-0.3, -0.25) is 19.7 Å². The van der Waals surface area contributed by atoms with Crippen LogP contribution in [0.25, 0.3) is 0 Å². The summed E-state index contributed by atoms with van der Waals surface area (Å²) in [6, 6.07) is 5.45. The van der Waals surface area contributed by atoms with Crippen molar-refractivity contribution in [3.05, 3.63) is 35.0 Å². The van der Waals surface area contributed by atoms with Gasteiger partial charge in [0.15, 0.2) is 0 Å². The zero-order valence-electron chi connectivity index (χ0n) is 24.4. The molecule has 0 aliphatic heterocycles. The smallest absolute Gasteiger partial charge is 0.251 e. The fourth-order valence-electron chi connectivity index (χ4n) is 4.99. The van der Waals surface area contributed by atoms with Crippen LogP contribution in [0, 0.1) is 10.6 Å². The maximum absolute atomic E-state index is 12.6. The topological polar surface area (TPSA) is 210 Å². The Kier molecular flexibility index (Phi) is 12.8. The number of hydrogen-bond acceptors (Lipinski definition) is 10. The first-order valence-corrected chi connectivity index (χ1v) is 14.0. The minimum Gasteiger partial charge on any atom is -0.634 e. The lowest BCUT2D eigenvalue weighted by Crippen LogP contribution is -3.07. The van der Waals surface area contributed by atoms with Crippen LogP contribution in [0.1, 0.15) is 69.7 Å². The summed E-state index contributed by atoms with van der Waals surface area (Å²) in [5, 5.41) is 43.0. The third-order valence-electron chi connectivity index (χ3n) is 7.49. The number of aldehydes is 1. The molecule has 0 bridgehead atoms. The molecule has 2 rings (SSSR count). The van der Waals surface area contributed by atoms with Gasteiger partial charge < -0.3 is 47.0 Å². The molecular formula is C28H46N6O7. The van der Waals surface area contributed by atoms with Gasteiger partial charge in [-0.1, -0.05) is 0 Å². The number of aliphatic hydroxyl groups is 2. The highest BCUT2D eigenvalue weighted by Crippen LogP contribution is 2.48. The van der Waals surface area contributed by atoms with E-state index in [-0.39, 0.29) is 48.7 Å². The number of likely N-dealkylation sites (N-methyl/N-ethyl adjacent to an activating group) is 1. The Morgan fingerprint density at radius 1 is 1.22 bits per heavy atom. The Morgan fingerprint density at radius 2 is 1.85 bits per heavy atom. The highest BCUT2D eigenvalue weighted by atomic mass is 16.5. The molecule has 13 nitrogen and oxygen atoms in total. The summed E-state index contributed by atoms with van der Waals surface area (Å²) in [6.45, 7) is 5.03. The molecule has 0 heterocycles. The number of hydroxylamine groups is 2. The van der Waals surface area contributed by atoms with E-state index in [1.165, 1.54) is 14.0 Å². The van der Waals surface area contributed by atoms with Crippen LogP contribution in [-0.4, -0.2) is 84.3 Å². The molecule has 2 amide bonds. The van der Waals surface area contributed by atoms with Crippen molar-refractivity contribution in [2.24, 2.45) is 11.1 Å². The van der Waals surface area contributed by atoms with E-state index in [9.17, 15) is 34.6 Å². The first kappa shape index (κ1) is 34.3. The van der Waals surface area contributed by atoms with E-state index >= 15 is 0 Å². The third kappa shape index (κ3) is 10.4. The molecule has 41 heavy (non-hydrogen) atoms. The van der Waals surface area contributed by atoms with Crippen LogP contribution >= 0.6 is 0 Å². The molecule has 7 atom stereocenters. The summed E-state index contributed by atoms with van der Waals surface area (Å²) in [5.74, 6) is -1.01. The van der Waals surface area contributed by atoms with Gasteiger partial charge in [-0.2, -0.15) is 0 Å². The van der Waals surface area contributed by atoms with Crippen molar-refractivity contribution in [2.45, 2.75) is 89.4 Å². The van der Waals surface area contributed by atoms with Gasteiger partial charge >= 0.3 is 0 Å². The molecule has 0 radical (unpaired) electrons. The average molecular weight is 579 g/mol. The van der Waals surface area contributed by atoms with Gasteiger partial charge in [0.1, 0.15) is 24.5 Å². The second-order valence-electron chi connectivity index (χ2n) is 11.3. The molecule has 230 valence electrons. The van der Waals surface area contributed by atoms with Gasteiger partial charge in [0.25, 0.3) is 5.91 Å². The molecule has 1 aliphatic carbocycles. The van der Waals surface area contributed by atoms with E-state index in [1.807, 2.05) is 0 Å². The summed E-state index contributed by atoms with van der Waals surface area (Å²) >= 11 is 0. The van der Waals surface area contributed by atoms with E-state index in [0.717, 1.165) is 6.29 Å². The van der Waals surface area contributed by atoms with Crippen molar-refractivity contribution in [1.82, 2.24) is 16.0 Å². The van der Waals surface area contributed by atoms with Crippen molar-refractivity contribution in [3.8, 4) is 0 Å². The van der Waals surface area contributed by atoms with Crippen LogP contribution in [-0.2, 0) is 14.4 Å². The number of Topliss-reactive ketones (excluding diaryl/α,β-unsaturated/α-hetero) is 1. The number of nitrogens with one attached hydrogen (secondary N) is 5. The highest BCUT2D eigenvalue weighted by Gasteiger charge is 2.54. The molecule has 13 heteroatoms. The van der Waals surface area contributed by atoms with Crippen molar-refractivity contribution in [3.63, 3.8) is 0 Å². The number of carbonyl (C=O) groups excluding carboxylic acids is 4. The summed E-state index contributed by atoms with van der Waals surface area (Å²) in [4.78, 5) is 48.6. The Hall–Kier alpha value is -2.94. The Labute approximate surface area is 241 Å². The number of quaternary nitrogens is 1. The number of anilines is 1. The summed E-state index contributed by atoms with van der Waals surface area (Å²) in [5.41, 5.74) is 5.22. The molecule has 1 aliphatic rings. The number of ketones is 1. The minimum absolute atomic E-state index is 0.00203. The van der Waals surface area contributed by atoms with Gasteiger partial charge in [-0.15, -0.1) is 0 Å². The number of aliphatic hydroxyl groups excluding tert-OH is 2. The van der Waals surface area contributed by atoms with Crippen molar-refractivity contribution in [2.75, 3.05) is 25.5 Å². The Bertz CT molecular complexity index is 1040. The van der Waals surface area contributed by atoms with Crippen LogP contribution in [0.5, 0.6) is 0 Å². The first-order chi connectivity index (χ1) is 19.2. The maximum Gasteiger partial charge on any atom is 0.251 e. The number of rotatable bonds is 19. The van der Waals surface area contributed by atoms with Crippen molar-refractivity contribution < 1.29 is 34.5 Å². The molecular weight excluding hydrogens is 532 g/mol. The van der Waals surface area contributed by atoms with E-state index < -0.39 is 35.4 Å². The van der Waals surface area contributed by atoms with Gasteiger partial charge in [0, 0.05) is 29.1 Å². The number of nitrogens with two attached hydrogens (primary N) is 1. The first-order valence-electron chi connectivity index (χ1n) is 14.0. The van der Waals surface area contributed by atoms with E-state index in [2.05, 4.69) is 21.3 Å². The van der Waals surface area contributed by atoms with Gasteiger partial charge in [-0.05, 0) is 84.2 Å². The molecule has 1 aromatic carbocycles. The van der Waals surface area contributed by atoms with Crippen LogP contribution in [0.15, 0.2) is 24.3 Å². The Balaban J connectivity index is 1.72. The van der Waals surface area contributed by atoms with E-state index in [1.54, 1.807) is 38.1 Å². The third-order valence-corrected chi connectivity index (χ3v) is 7.49. The molecule has 0 aromatic heterocycles. The van der Waals surface area contributed by atoms with Crippen LogP contribution in [0.3, 0.4) is 0 Å². The van der Waals surface area contributed by atoms with Gasteiger partial charge in [-0.25, -0.2) is 0 Å². The van der Waals surface area contributed by atoms with Crippen molar-refractivity contribution >= 4 is 29.6 Å². The molecule has 1 aromatic rings. The SMILES string of the molecule is CNC(O)[C@](C)(CC(C)=O)NC(=O)[C@@H](N)CCC[NH+]([O-])CCCC1(C=O)CC1NC(=O)c1ccc(NC(C)O)cc1. The maximum atomic E-state index is 12.6. The standard InChI is InChI=1S/C28H46N6O7/c1-18(36)15-27(3,26(40)30-4)33-25(39)22(29)7-5-13-34(41)14-6-12-28(17-35)16-23(28)32-24(38)20-8-10-21(11-9-20)31-19(2)37/h8-11,17,19,22-23,26,30-31,34,37,40H,5-7,12-16,29H2,1-4H3,(H,32,38)(H,33,39)/t19?,22-,23?,26?,27-,28?/m0/s1. The summed E-state index contributed by atoms with van der Waals surface area (Å²) in [7, 11) is 1.51. The lowest BCUT2D eigenvalue weighted by atomic mass is 9.92. The number of benzene rings is 1. The van der Waals surface area contributed by atoms with Crippen LogP contribution in [0.2, 0.25) is 0 Å². The predicted octanol–water partition coefficient (Wildman–Crippen LogP) is -1.21.